The van der Waals surface area contributed by atoms with Crippen LogP contribution in [0.15, 0.2) is 24.3 Å². The van der Waals surface area contributed by atoms with Gasteiger partial charge in [-0.15, -0.1) is 0 Å². The summed E-state index contributed by atoms with van der Waals surface area (Å²) in [6.07, 6.45) is 4.13. The minimum absolute atomic E-state index is 0.272. The lowest BCUT2D eigenvalue weighted by Gasteiger charge is -2.60. The van der Waals surface area contributed by atoms with E-state index in [9.17, 15) is 0 Å². The molecule has 110 valence electrons. The standard InChI is InChI=1S/C18H27NO/c1-4-13-7-9-14(10-8-13)12-19-16-15-6-5-11-20-17(15)18(16,2)3/h7-10,15-17,19H,4-6,11-12H2,1-3H3. The Hall–Kier alpha value is -0.860. The molecule has 20 heavy (non-hydrogen) atoms. The van der Waals surface area contributed by atoms with E-state index in [1.54, 1.807) is 0 Å². The van der Waals surface area contributed by atoms with Crippen LogP contribution in [0, 0.1) is 11.3 Å². The van der Waals surface area contributed by atoms with E-state index < -0.39 is 0 Å². The Morgan fingerprint density at radius 1 is 1.20 bits per heavy atom. The van der Waals surface area contributed by atoms with Gasteiger partial charge in [0.25, 0.3) is 0 Å². The van der Waals surface area contributed by atoms with Gasteiger partial charge >= 0.3 is 0 Å². The van der Waals surface area contributed by atoms with Crippen LogP contribution in [0.1, 0.15) is 44.7 Å². The zero-order chi connectivity index (χ0) is 14.2. The molecule has 0 spiro atoms. The fourth-order valence-corrected chi connectivity index (χ4v) is 4.06. The summed E-state index contributed by atoms with van der Waals surface area (Å²) in [6.45, 7) is 8.82. The quantitative estimate of drug-likeness (QED) is 0.906. The van der Waals surface area contributed by atoms with Gasteiger partial charge in [-0.1, -0.05) is 45.0 Å². The summed E-state index contributed by atoms with van der Waals surface area (Å²) in [7, 11) is 0. The Balaban J connectivity index is 1.60. The molecule has 0 radical (unpaired) electrons. The molecule has 1 N–H and O–H groups in total. The molecule has 1 aliphatic heterocycles. The van der Waals surface area contributed by atoms with Crippen molar-refractivity contribution in [3.05, 3.63) is 35.4 Å². The van der Waals surface area contributed by atoms with Crippen molar-refractivity contribution < 1.29 is 4.74 Å². The van der Waals surface area contributed by atoms with E-state index >= 15 is 0 Å². The molecule has 1 heterocycles. The molecule has 2 fully saturated rings. The number of hydrogen-bond acceptors (Lipinski definition) is 2. The van der Waals surface area contributed by atoms with Gasteiger partial charge in [-0.05, 0) is 30.4 Å². The monoisotopic (exact) mass is 273 g/mol. The van der Waals surface area contributed by atoms with Gasteiger partial charge in [0.05, 0.1) is 6.10 Å². The maximum absolute atomic E-state index is 5.96. The highest BCUT2D eigenvalue weighted by atomic mass is 16.5. The molecule has 3 rings (SSSR count). The van der Waals surface area contributed by atoms with Crippen molar-refractivity contribution in [1.82, 2.24) is 5.32 Å². The highest BCUT2D eigenvalue weighted by molar-refractivity contribution is 5.23. The SMILES string of the molecule is CCc1ccc(CNC2C3CCCOC3C2(C)C)cc1. The number of nitrogens with one attached hydrogen (secondary N) is 1. The average molecular weight is 273 g/mol. The summed E-state index contributed by atoms with van der Waals surface area (Å²) in [5, 5.41) is 3.78. The molecule has 1 saturated heterocycles. The Kier molecular flexibility index (Phi) is 3.87. The molecule has 1 aromatic carbocycles. The molecule has 3 atom stereocenters. The van der Waals surface area contributed by atoms with Crippen LogP contribution in [0.4, 0.5) is 0 Å². The zero-order valence-electron chi connectivity index (χ0n) is 13.0. The molecule has 0 aromatic heterocycles. The normalized spacial score (nSPS) is 31.4. The maximum Gasteiger partial charge on any atom is 0.0684 e. The Bertz CT molecular complexity index is 451. The van der Waals surface area contributed by atoms with E-state index in [0.29, 0.717) is 18.1 Å². The van der Waals surface area contributed by atoms with Gasteiger partial charge in [-0.25, -0.2) is 0 Å². The first kappa shape index (κ1) is 14.1. The molecule has 1 aliphatic carbocycles. The fourth-order valence-electron chi connectivity index (χ4n) is 4.06. The molecular weight excluding hydrogens is 246 g/mol. The maximum atomic E-state index is 5.96. The highest BCUT2D eigenvalue weighted by Gasteiger charge is 2.57. The van der Waals surface area contributed by atoms with E-state index in [1.807, 2.05) is 0 Å². The van der Waals surface area contributed by atoms with Crippen molar-refractivity contribution in [1.29, 1.82) is 0 Å². The number of hydrogen-bond donors (Lipinski definition) is 1. The minimum Gasteiger partial charge on any atom is -0.377 e. The van der Waals surface area contributed by atoms with Gasteiger partial charge in [0.15, 0.2) is 0 Å². The molecule has 2 nitrogen and oxygen atoms in total. The smallest absolute Gasteiger partial charge is 0.0684 e. The first-order valence-corrected chi connectivity index (χ1v) is 8.05. The zero-order valence-corrected chi connectivity index (χ0v) is 13.0. The van der Waals surface area contributed by atoms with Gasteiger partial charge < -0.3 is 10.1 Å². The third-order valence-corrected chi connectivity index (χ3v) is 5.29. The van der Waals surface area contributed by atoms with Gasteiger partial charge in [0, 0.05) is 30.5 Å². The van der Waals surface area contributed by atoms with E-state index in [0.717, 1.165) is 19.6 Å². The summed E-state index contributed by atoms with van der Waals surface area (Å²) in [5.41, 5.74) is 3.07. The Morgan fingerprint density at radius 2 is 1.90 bits per heavy atom. The molecule has 2 heteroatoms. The summed E-state index contributed by atoms with van der Waals surface area (Å²) in [5.74, 6) is 0.716. The van der Waals surface area contributed by atoms with Gasteiger partial charge in [0.2, 0.25) is 0 Å². The first-order chi connectivity index (χ1) is 9.63. The molecular formula is C18H27NO. The van der Waals surface area contributed by atoms with Crippen LogP contribution in [0.5, 0.6) is 0 Å². The fraction of sp³-hybridized carbons (Fsp3) is 0.667. The van der Waals surface area contributed by atoms with Crippen LogP contribution in [-0.4, -0.2) is 18.8 Å². The third-order valence-electron chi connectivity index (χ3n) is 5.29. The van der Waals surface area contributed by atoms with E-state index in [2.05, 4.69) is 50.4 Å². The number of fused-ring (bicyclic) bond motifs is 1. The van der Waals surface area contributed by atoms with Crippen molar-refractivity contribution in [3.8, 4) is 0 Å². The molecule has 0 bridgehead atoms. The first-order valence-electron chi connectivity index (χ1n) is 8.05. The second-order valence-electron chi connectivity index (χ2n) is 6.95. The Morgan fingerprint density at radius 3 is 2.60 bits per heavy atom. The van der Waals surface area contributed by atoms with Gasteiger partial charge in [-0.3, -0.25) is 0 Å². The number of rotatable bonds is 4. The lowest BCUT2D eigenvalue weighted by molar-refractivity contribution is -0.192. The van der Waals surface area contributed by atoms with Crippen LogP contribution in [0.25, 0.3) is 0 Å². The topological polar surface area (TPSA) is 21.3 Å². The van der Waals surface area contributed by atoms with E-state index in [-0.39, 0.29) is 5.41 Å². The third kappa shape index (κ3) is 2.40. The summed E-state index contributed by atoms with van der Waals surface area (Å²) >= 11 is 0. The van der Waals surface area contributed by atoms with E-state index in [1.165, 1.54) is 24.0 Å². The molecule has 3 unspecified atom stereocenters. The van der Waals surface area contributed by atoms with Crippen molar-refractivity contribution >= 4 is 0 Å². The van der Waals surface area contributed by atoms with Gasteiger partial charge in [0.1, 0.15) is 0 Å². The number of benzene rings is 1. The van der Waals surface area contributed by atoms with Crippen LogP contribution in [-0.2, 0) is 17.7 Å². The average Bonchev–Trinajstić information content (AvgIpc) is 2.48. The molecule has 2 aliphatic rings. The van der Waals surface area contributed by atoms with Crippen LogP contribution >= 0.6 is 0 Å². The van der Waals surface area contributed by atoms with Crippen molar-refractivity contribution in [2.24, 2.45) is 11.3 Å². The van der Waals surface area contributed by atoms with Crippen LogP contribution < -0.4 is 5.32 Å². The second-order valence-corrected chi connectivity index (χ2v) is 6.95. The second kappa shape index (κ2) is 5.50. The number of aryl methyl sites for hydroxylation is 1. The van der Waals surface area contributed by atoms with Gasteiger partial charge in [-0.2, -0.15) is 0 Å². The molecule has 1 saturated carbocycles. The minimum atomic E-state index is 0.272. The summed E-state index contributed by atoms with van der Waals surface area (Å²) < 4.78 is 5.96. The van der Waals surface area contributed by atoms with E-state index in [4.69, 9.17) is 4.74 Å². The van der Waals surface area contributed by atoms with Crippen LogP contribution in [0.3, 0.4) is 0 Å². The molecule has 1 aromatic rings. The Labute approximate surface area is 122 Å². The largest absolute Gasteiger partial charge is 0.377 e. The number of ether oxygens (including phenoxy) is 1. The summed E-state index contributed by atoms with van der Waals surface area (Å²) in [6, 6.07) is 9.60. The lowest BCUT2D eigenvalue weighted by atomic mass is 9.55. The van der Waals surface area contributed by atoms with Crippen LogP contribution in [0.2, 0.25) is 0 Å². The van der Waals surface area contributed by atoms with Crippen molar-refractivity contribution in [3.63, 3.8) is 0 Å². The lowest BCUT2D eigenvalue weighted by Crippen LogP contribution is -2.69. The molecule has 0 amide bonds. The van der Waals surface area contributed by atoms with Crippen molar-refractivity contribution in [2.75, 3.05) is 6.61 Å². The summed E-state index contributed by atoms with van der Waals surface area (Å²) in [4.78, 5) is 0. The predicted octanol–water partition coefficient (Wildman–Crippen LogP) is 3.54. The van der Waals surface area contributed by atoms with Crippen molar-refractivity contribution in [2.45, 2.75) is 58.7 Å². The highest BCUT2D eigenvalue weighted by Crippen LogP contribution is 2.51. The predicted molar refractivity (Wildman–Crippen MR) is 82.7 cm³/mol.